The lowest BCUT2D eigenvalue weighted by atomic mass is 10.1. The zero-order valence-electron chi connectivity index (χ0n) is 17.7. The molecule has 6 nitrogen and oxygen atoms in total. The normalized spacial score (nSPS) is 10.3. The summed E-state index contributed by atoms with van der Waals surface area (Å²) in [7, 11) is 3.19. The number of ether oxygens (including phenoxy) is 2. The first kappa shape index (κ1) is 22.3. The van der Waals surface area contributed by atoms with Crippen LogP contribution in [0.5, 0.6) is 11.5 Å². The summed E-state index contributed by atoms with van der Waals surface area (Å²) >= 11 is 0. The first-order chi connectivity index (χ1) is 14.0. The first-order valence-corrected chi connectivity index (χ1v) is 9.82. The summed E-state index contributed by atoms with van der Waals surface area (Å²) in [5.74, 6) is 1.17. The van der Waals surface area contributed by atoms with Crippen molar-refractivity contribution < 1.29 is 19.1 Å². The van der Waals surface area contributed by atoms with Gasteiger partial charge in [-0.2, -0.15) is 0 Å². The van der Waals surface area contributed by atoms with Crippen molar-refractivity contribution >= 4 is 17.5 Å². The van der Waals surface area contributed by atoms with Crippen LogP contribution >= 0.6 is 0 Å². The Hall–Kier alpha value is -3.02. The maximum absolute atomic E-state index is 12.2. The molecule has 156 valence electrons. The SMILES string of the molecule is CCc1ccc(NC(=O)CCN(CCc2ccc(OC)c(OC)c2)C(C)=O)cc1. The molecule has 29 heavy (non-hydrogen) atoms. The second-order valence-electron chi connectivity index (χ2n) is 6.79. The number of nitrogens with zero attached hydrogens (tertiary/aromatic N) is 1. The van der Waals surface area contributed by atoms with Crippen LogP contribution in [0.2, 0.25) is 0 Å². The second kappa shape index (κ2) is 11.1. The van der Waals surface area contributed by atoms with Crippen molar-refractivity contribution in [2.75, 3.05) is 32.6 Å². The Balaban J connectivity index is 1.87. The molecule has 0 spiro atoms. The Labute approximate surface area is 172 Å². The summed E-state index contributed by atoms with van der Waals surface area (Å²) in [6.45, 7) is 4.52. The Morgan fingerprint density at radius 3 is 2.17 bits per heavy atom. The standard InChI is InChI=1S/C23H30N2O4/c1-5-18-6-9-20(10-7-18)24-23(27)13-15-25(17(2)26)14-12-19-8-11-21(28-3)22(16-19)29-4/h6-11,16H,5,12-15H2,1-4H3,(H,24,27). The Morgan fingerprint density at radius 1 is 0.931 bits per heavy atom. The Kier molecular flexibility index (Phi) is 8.52. The fourth-order valence-corrected chi connectivity index (χ4v) is 3.01. The van der Waals surface area contributed by atoms with Crippen LogP contribution < -0.4 is 14.8 Å². The van der Waals surface area contributed by atoms with Crippen LogP contribution in [-0.2, 0) is 22.4 Å². The summed E-state index contributed by atoms with van der Waals surface area (Å²) < 4.78 is 10.6. The number of hydrogen-bond donors (Lipinski definition) is 1. The largest absolute Gasteiger partial charge is 0.493 e. The van der Waals surface area contributed by atoms with Gasteiger partial charge in [0.05, 0.1) is 14.2 Å². The lowest BCUT2D eigenvalue weighted by Crippen LogP contribution is -2.33. The molecule has 6 heteroatoms. The molecule has 2 aromatic rings. The third kappa shape index (κ3) is 6.82. The zero-order valence-corrected chi connectivity index (χ0v) is 17.7. The van der Waals surface area contributed by atoms with E-state index in [1.54, 1.807) is 19.1 Å². The number of hydrogen-bond acceptors (Lipinski definition) is 4. The van der Waals surface area contributed by atoms with Gasteiger partial charge in [0.1, 0.15) is 0 Å². The molecule has 0 aliphatic carbocycles. The van der Waals surface area contributed by atoms with E-state index in [0.29, 0.717) is 31.0 Å². The van der Waals surface area contributed by atoms with Gasteiger partial charge in [-0.3, -0.25) is 9.59 Å². The van der Waals surface area contributed by atoms with Crippen molar-refractivity contribution in [3.8, 4) is 11.5 Å². The summed E-state index contributed by atoms with van der Waals surface area (Å²) in [5, 5.41) is 2.88. The molecule has 0 saturated heterocycles. The topological polar surface area (TPSA) is 67.9 Å². The molecule has 0 unspecified atom stereocenters. The lowest BCUT2D eigenvalue weighted by molar-refractivity contribution is -0.129. The van der Waals surface area contributed by atoms with E-state index in [2.05, 4.69) is 12.2 Å². The van der Waals surface area contributed by atoms with Crippen LogP contribution in [-0.4, -0.2) is 44.0 Å². The highest BCUT2D eigenvalue weighted by atomic mass is 16.5. The van der Waals surface area contributed by atoms with Crippen molar-refractivity contribution in [1.29, 1.82) is 0 Å². The van der Waals surface area contributed by atoms with Gasteiger partial charge in [0, 0.05) is 32.1 Å². The minimum Gasteiger partial charge on any atom is -0.493 e. The van der Waals surface area contributed by atoms with Crippen molar-refractivity contribution in [2.45, 2.75) is 33.1 Å². The average molecular weight is 399 g/mol. The number of rotatable bonds is 10. The molecular formula is C23H30N2O4. The quantitative estimate of drug-likeness (QED) is 0.663. The predicted octanol–water partition coefficient (Wildman–Crippen LogP) is 3.69. The molecule has 0 bridgehead atoms. The summed E-state index contributed by atoms with van der Waals surface area (Å²) in [6, 6.07) is 13.5. The number of nitrogens with one attached hydrogen (secondary N) is 1. The predicted molar refractivity (Wildman–Crippen MR) is 115 cm³/mol. The second-order valence-corrected chi connectivity index (χ2v) is 6.79. The monoisotopic (exact) mass is 398 g/mol. The molecular weight excluding hydrogens is 368 g/mol. The van der Waals surface area contributed by atoms with Gasteiger partial charge in [-0.25, -0.2) is 0 Å². The van der Waals surface area contributed by atoms with Crippen LogP contribution in [0.3, 0.4) is 0 Å². The van der Waals surface area contributed by atoms with Crippen LogP contribution in [0.1, 0.15) is 31.4 Å². The molecule has 0 aliphatic heterocycles. The number of anilines is 1. The molecule has 2 rings (SSSR count). The highest BCUT2D eigenvalue weighted by Gasteiger charge is 2.13. The van der Waals surface area contributed by atoms with Gasteiger partial charge >= 0.3 is 0 Å². The third-order valence-electron chi connectivity index (χ3n) is 4.82. The summed E-state index contributed by atoms with van der Waals surface area (Å²) in [6.07, 6.45) is 1.88. The molecule has 0 fully saturated rings. The fourth-order valence-electron chi connectivity index (χ4n) is 3.01. The van der Waals surface area contributed by atoms with Crippen molar-refractivity contribution in [3.05, 3.63) is 53.6 Å². The van der Waals surface area contributed by atoms with E-state index in [1.165, 1.54) is 12.5 Å². The molecule has 0 atom stereocenters. The van der Waals surface area contributed by atoms with Gasteiger partial charge in [0.25, 0.3) is 0 Å². The molecule has 0 aliphatic rings. The molecule has 0 saturated carbocycles. The third-order valence-corrected chi connectivity index (χ3v) is 4.82. The minimum absolute atomic E-state index is 0.0504. The van der Waals surface area contributed by atoms with Crippen LogP contribution in [0.4, 0.5) is 5.69 Å². The maximum Gasteiger partial charge on any atom is 0.226 e. The lowest BCUT2D eigenvalue weighted by Gasteiger charge is -2.21. The molecule has 2 amide bonds. The van der Waals surface area contributed by atoms with Gasteiger partial charge in [0.15, 0.2) is 11.5 Å². The van der Waals surface area contributed by atoms with E-state index in [1.807, 2.05) is 42.5 Å². The van der Waals surface area contributed by atoms with Crippen molar-refractivity contribution in [3.63, 3.8) is 0 Å². The molecule has 0 radical (unpaired) electrons. The van der Waals surface area contributed by atoms with E-state index in [0.717, 1.165) is 17.7 Å². The van der Waals surface area contributed by atoms with Crippen LogP contribution in [0.15, 0.2) is 42.5 Å². The van der Waals surface area contributed by atoms with Crippen molar-refractivity contribution in [1.82, 2.24) is 4.90 Å². The molecule has 0 heterocycles. The number of methoxy groups -OCH3 is 2. The van der Waals surface area contributed by atoms with Gasteiger partial charge < -0.3 is 19.7 Å². The van der Waals surface area contributed by atoms with E-state index < -0.39 is 0 Å². The smallest absolute Gasteiger partial charge is 0.226 e. The van der Waals surface area contributed by atoms with Crippen LogP contribution in [0.25, 0.3) is 0 Å². The number of carbonyl (C=O) groups excluding carboxylic acids is 2. The first-order valence-electron chi connectivity index (χ1n) is 9.82. The van der Waals surface area contributed by atoms with Gasteiger partial charge in [0.2, 0.25) is 11.8 Å². The Bertz CT molecular complexity index is 818. The number of amides is 2. The number of aryl methyl sites for hydroxylation is 1. The zero-order chi connectivity index (χ0) is 21.2. The van der Waals surface area contributed by atoms with E-state index in [-0.39, 0.29) is 18.2 Å². The molecule has 1 N–H and O–H groups in total. The van der Waals surface area contributed by atoms with E-state index >= 15 is 0 Å². The highest BCUT2D eigenvalue weighted by molar-refractivity contribution is 5.91. The molecule has 0 aromatic heterocycles. The number of carbonyl (C=O) groups is 2. The Morgan fingerprint density at radius 2 is 1.59 bits per heavy atom. The maximum atomic E-state index is 12.2. The van der Waals surface area contributed by atoms with E-state index in [9.17, 15) is 9.59 Å². The summed E-state index contributed by atoms with van der Waals surface area (Å²) in [5.41, 5.74) is 3.03. The average Bonchev–Trinajstić information content (AvgIpc) is 2.73. The van der Waals surface area contributed by atoms with Gasteiger partial charge in [-0.05, 0) is 48.2 Å². The summed E-state index contributed by atoms with van der Waals surface area (Å²) in [4.78, 5) is 25.9. The number of benzene rings is 2. The highest BCUT2D eigenvalue weighted by Crippen LogP contribution is 2.27. The van der Waals surface area contributed by atoms with E-state index in [4.69, 9.17) is 9.47 Å². The minimum atomic E-state index is -0.105. The van der Waals surface area contributed by atoms with Gasteiger partial charge in [-0.15, -0.1) is 0 Å². The van der Waals surface area contributed by atoms with Crippen molar-refractivity contribution in [2.24, 2.45) is 0 Å². The van der Waals surface area contributed by atoms with Gasteiger partial charge in [-0.1, -0.05) is 25.1 Å². The van der Waals surface area contributed by atoms with Crippen LogP contribution in [0, 0.1) is 0 Å². The fraction of sp³-hybridized carbons (Fsp3) is 0.391. The molecule has 2 aromatic carbocycles.